The summed E-state index contributed by atoms with van der Waals surface area (Å²) in [4.78, 5) is 15.0. The fraction of sp³-hybridized carbons (Fsp3) is 0.0392. The van der Waals surface area contributed by atoms with Gasteiger partial charge in [0.25, 0.3) is 0 Å². The van der Waals surface area contributed by atoms with E-state index in [0.717, 1.165) is 66.7 Å². The molecule has 6 heteroatoms. The Morgan fingerprint density at radius 3 is 1.77 bits per heavy atom. The minimum atomic E-state index is 0.117. The van der Waals surface area contributed by atoms with Crippen LogP contribution in [0, 0.1) is 0 Å². The molecule has 0 radical (unpaired) electrons. The third-order valence-electron chi connectivity index (χ3n) is 11.4. The number of hydrogen-bond donors (Lipinski definition) is 0. The van der Waals surface area contributed by atoms with E-state index < -0.39 is 0 Å². The first-order valence-corrected chi connectivity index (χ1v) is 19.3. The molecule has 1 atom stereocenters. The van der Waals surface area contributed by atoms with Crippen molar-refractivity contribution in [3.05, 3.63) is 174 Å². The number of aromatic nitrogens is 4. The number of benzene rings is 7. The van der Waals surface area contributed by atoms with E-state index in [1.54, 1.807) is 0 Å². The first-order valence-electron chi connectivity index (χ1n) is 19.3. The van der Waals surface area contributed by atoms with Gasteiger partial charge in [0.15, 0.2) is 17.5 Å². The van der Waals surface area contributed by atoms with Crippen molar-refractivity contribution in [1.29, 1.82) is 0 Å². The number of hydrogen-bond acceptors (Lipinski definition) is 5. The Labute approximate surface area is 326 Å². The molecule has 6 nitrogen and oxygen atoms in total. The highest BCUT2D eigenvalue weighted by atomic mass is 16.3. The van der Waals surface area contributed by atoms with Gasteiger partial charge < -0.3 is 13.4 Å². The molecule has 7 aromatic carbocycles. The molecule has 0 saturated heterocycles. The van der Waals surface area contributed by atoms with Gasteiger partial charge in [0, 0.05) is 59.9 Å². The second-order valence-corrected chi connectivity index (χ2v) is 14.7. The van der Waals surface area contributed by atoms with Gasteiger partial charge >= 0.3 is 0 Å². The summed E-state index contributed by atoms with van der Waals surface area (Å²) in [5, 5.41) is 6.84. The lowest BCUT2D eigenvalue weighted by atomic mass is 10.0. The number of fused-ring (bicyclic) bond motifs is 9. The van der Waals surface area contributed by atoms with Crippen molar-refractivity contribution in [2.45, 2.75) is 12.5 Å². The van der Waals surface area contributed by atoms with Gasteiger partial charge in [0.1, 0.15) is 22.2 Å². The lowest BCUT2D eigenvalue weighted by Crippen LogP contribution is -2.26. The van der Waals surface area contributed by atoms with Gasteiger partial charge in [0.05, 0.1) is 6.04 Å². The second kappa shape index (κ2) is 12.5. The molecule has 0 bridgehead atoms. The van der Waals surface area contributed by atoms with Crippen LogP contribution in [0.2, 0.25) is 0 Å². The van der Waals surface area contributed by atoms with Crippen LogP contribution in [0.5, 0.6) is 0 Å². The Morgan fingerprint density at radius 2 is 1.00 bits per heavy atom. The Balaban J connectivity index is 0.968. The summed E-state index contributed by atoms with van der Waals surface area (Å²) in [5.41, 5.74) is 10.9. The summed E-state index contributed by atoms with van der Waals surface area (Å²) < 4.78 is 15.3. The van der Waals surface area contributed by atoms with Crippen LogP contribution in [0.3, 0.4) is 0 Å². The summed E-state index contributed by atoms with van der Waals surface area (Å²) in [7, 11) is 0. The number of rotatable bonds is 5. The SMILES string of the molecule is C1=c2oc3cc(-c4nc(-c5ccccc5)nc(-c5ccc6c(c5)oc5ccccc56)n4)ccc3c2=CC(n2c3ccccc3c3cc(-c4ccccc4)ccc32)C1. The van der Waals surface area contributed by atoms with Gasteiger partial charge in [-0.25, -0.2) is 15.0 Å². The molecule has 268 valence electrons. The van der Waals surface area contributed by atoms with Crippen LogP contribution in [0.1, 0.15) is 12.5 Å². The van der Waals surface area contributed by atoms with E-state index in [1.165, 1.54) is 32.9 Å². The van der Waals surface area contributed by atoms with Gasteiger partial charge in [-0.1, -0.05) is 115 Å². The highest BCUT2D eigenvalue weighted by Crippen LogP contribution is 2.37. The Kier molecular flexibility index (Phi) is 6.95. The first-order chi connectivity index (χ1) is 28.2. The smallest absolute Gasteiger partial charge is 0.164 e. The fourth-order valence-corrected chi connectivity index (χ4v) is 8.65. The summed E-state index contributed by atoms with van der Waals surface area (Å²) >= 11 is 0. The molecule has 1 aliphatic carbocycles. The summed E-state index contributed by atoms with van der Waals surface area (Å²) in [5.74, 6) is 1.75. The lowest BCUT2D eigenvalue weighted by Gasteiger charge is -2.18. The van der Waals surface area contributed by atoms with Crippen LogP contribution < -0.4 is 10.6 Å². The lowest BCUT2D eigenvalue weighted by molar-refractivity contribution is 0.564. The molecule has 4 heterocycles. The molecule has 0 aliphatic heterocycles. The van der Waals surface area contributed by atoms with Crippen LogP contribution in [0.15, 0.2) is 173 Å². The van der Waals surface area contributed by atoms with Crippen molar-refractivity contribution < 1.29 is 8.83 Å². The molecule has 0 amide bonds. The molecule has 1 aliphatic rings. The van der Waals surface area contributed by atoms with Crippen LogP contribution in [0.4, 0.5) is 0 Å². The Hall–Kier alpha value is -7.57. The van der Waals surface area contributed by atoms with E-state index in [0.29, 0.717) is 17.5 Å². The van der Waals surface area contributed by atoms with Crippen molar-refractivity contribution in [2.75, 3.05) is 0 Å². The third kappa shape index (κ3) is 5.15. The molecule has 0 saturated carbocycles. The van der Waals surface area contributed by atoms with Gasteiger partial charge in [-0.3, -0.25) is 0 Å². The highest BCUT2D eigenvalue weighted by molar-refractivity contribution is 6.10. The minimum absolute atomic E-state index is 0.117. The zero-order chi connectivity index (χ0) is 37.5. The molecule has 0 spiro atoms. The maximum Gasteiger partial charge on any atom is 0.164 e. The van der Waals surface area contributed by atoms with E-state index in [2.05, 4.69) is 126 Å². The van der Waals surface area contributed by atoms with E-state index in [9.17, 15) is 0 Å². The van der Waals surface area contributed by atoms with Gasteiger partial charge in [-0.2, -0.15) is 0 Å². The van der Waals surface area contributed by atoms with Gasteiger partial charge in [-0.15, -0.1) is 0 Å². The number of para-hydroxylation sites is 2. The monoisotopic (exact) mass is 732 g/mol. The summed E-state index contributed by atoms with van der Waals surface area (Å²) in [6, 6.07) is 56.9. The van der Waals surface area contributed by atoms with Crippen LogP contribution >= 0.6 is 0 Å². The molecular weight excluding hydrogens is 701 g/mol. The predicted molar refractivity (Wildman–Crippen MR) is 230 cm³/mol. The third-order valence-corrected chi connectivity index (χ3v) is 11.4. The van der Waals surface area contributed by atoms with Crippen LogP contribution in [0.25, 0.3) is 112 Å². The molecule has 4 aromatic heterocycles. The number of nitrogens with zero attached hydrogens (tertiary/aromatic N) is 4. The van der Waals surface area contributed by atoms with Crippen molar-refractivity contribution in [1.82, 2.24) is 19.5 Å². The highest BCUT2D eigenvalue weighted by Gasteiger charge is 2.21. The van der Waals surface area contributed by atoms with E-state index in [4.69, 9.17) is 23.8 Å². The maximum absolute atomic E-state index is 6.59. The predicted octanol–water partition coefficient (Wildman–Crippen LogP) is 11.5. The quantitative estimate of drug-likeness (QED) is 0.176. The summed E-state index contributed by atoms with van der Waals surface area (Å²) in [6.07, 6.45) is 5.43. The van der Waals surface area contributed by atoms with Crippen molar-refractivity contribution in [2.24, 2.45) is 0 Å². The zero-order valence-corrected chi connectivity index (χ0v) is 30.6. The first kappa shape index (κ1) is 31.7. The average molecular weight is 733 g/mol. The second-order valence-electron chi connectivity index (χ2n) is 14.7. The Bertz CT molecular complexity index is 3510. The molecule has 57 heavy (non-hydrogen) atoms. The van der Waals surface area contributed by atoms with Crippen LogP contribution in [-0.4, -0.2) is 19.5 Å². The molecule has 1 unspecified atom stereocenters. The van der Waals surface area contributed by atoms with E-state index in [1.807, 2.05) is 54.6 Å². The molecule has 12 rings (SSSR count). The normalized spacial score (nSPS) is 14.0. The maximum atomic E-state index is 6.59. The van der Waals surface area contributed by atoms with Gasteiger partial charge in [-0.05, 0) is 78.2 Å². The Morgan fingerprint density at radius 1 is 0.421 bits per heavy atom. The van der Waals surface area contributed by atoms with Crippen molar-refractivity contribution in [3.63, 3.8) is 0 Å². The largest absolute Gasteiger partial charge is 0.456 e. The molecule has 0 N–H and O–H groups in total. The standard InChI is InChI=1S/C51H32N4O2/c1-3-11-31(12-4-1)33-21-25-44-41(27-33)37-15-7-9-17-43(37)55(44)36-22-26-46-42(30-36)40-24-20-35(29-48(40)57-46)51-53-49(32-13-5-2-6-14-32)52-50(54-51)34-19-23-39-38-16-8-10-18-45(38)56-47(39)28-34/h1-21,23-30,36H,22H2. The average Bonchev–Trinajstić information content (AvgIpc) is 3.95. The molecular formula is C51H32N4O2. The fourth-order valence-electron chi connectivity index (χ4n) is 8.65. The van der Waals surface area contributed by atoms with Crippen molar-refractivity contribution >= 4 is 66.9 Å². The molecule has 0 fully saturated rings. The topological polar surface area (TPSA) is 69.9 Å². The number of furan rings is 2. The summed E-state index contributed by atoms with van der Waals surface area (Å²) in [6.45, 7) is 0. The van der Waals surface area contributed by atoms with E-state index >= 15 is 0 Å². The van der Waals surface area contributed by atoms with Gasteiger partial charge in [0.2, 0.25) is 0 Å². The van der Waals surface area contributed by atoms with Crippen molar-refractivity contribution in [3.8, 4) is 45.3 Å². The minimum Gasteiger partial charge on any atom is -0.456 e. The van der Waals surface area contributed by atoms with Crippen LogP contribution in [-0.2, 0) is 0 Å². The zero-order valence-electron chi connectivity index (χ0n) is 30.6. The van der Waals surface area contributed by atoms with E-state index in [-0.39, 0.29) is 6.04 Å². The molecule has 11 aromatic rings.